The van der Waals surface area contributed by atoms with Crippen molar-refractivity contribution in [2.75, 3.05) is 18.1 Å². The molecule has 7 heteroatoms. The Kier molecular flexibility index (Phi) is 3.89. The highest BCUT2D eigenvalue weighted by Gasteiger charge is 2.43. The normalized spacial score (nSPS) is 17.8. The third kappa shape index (κ3) is 3.63. The molecule has 0 atom stereocenters. The molecule has 0 amide bonds. The average Bonchev–Trinajstić information content (AvgIpc) is 3.16. The molecule has 0 heterocycles. The molecule has 1 aliphatic rings. The summed E-state index contributed by atoms with van der Waals surface area (Å²) in [4.78, 5) is 0.306. The molecule has 20 heavy (non-hydrogen) atoms. The maximum Gasteiger partial charge on any atom is 0.175 e. The van der Waals surface area contributed by atoms with E-state index in [1.165, 1.54) is 6.26 Å². The number of amidine groups is 1. The minimum absolute atomic E-state index is 0.0613. The fourth-order valence-corrected chi connectivity index (χ4v) is 2.75. The van der Waals surface area contributed by atoms with Crippen molar-refractivity contribution in [1.29, 1.82) is 0 Å². The summed E-state index contributed by atoms with van der Waals surface area (Å²) in [7, 11) is -3.16. The first-order valence-corrected chi connectivity index (χ1v) is 8.24. The van der Waals surface area contributed by atoms with Gasteiger partial charge in [-0.05, 0) is 42.5 Å². The molecular formula is C13H19N3O3S. The van der Waals surface area contributed by atoms with Gasteiger partial charge < -0.3 is 16.3 Å². The zero-order valence-electron chi connectivity index (χ0n) is 11.3. The number of nitrogens with zero attached hydrogens (tertiary/aromatic N) is 1. The summed E-state index contributed by atoms with van der Waals surface area (Å²) in [6.45, 7) is 0.724. The molecule has 0 spiro atoms. The van der Waals surface area contributed by atoms with E-state index < -0.39 is 9.84 Å². The standard InChI is InChI=1S/C13H19N3O3S/c1-20(18,19)11-4-2-10(3-5-11)15-9-13(6-7-13)8-12(14)16-17/h2-5,15,17H,6-9H2,1H3,(H2,14,16). The van der Waals surface area contributed by atoms with E-state index in [0.29, 0.717) is 11.3 Å². The van der Waals surface area contributed by atoms with Crippen molar-refractivity contribution in [3.8, 4) is 0 Å². The van der Waals surface area contributed by atoms with Gasteiger partial charge in [-0.3, -0.25) is 0 Å². The molecule has 1 fully saturated rings. The average molecular weight is 297 g/mol. The van der Waals surface area contributed by atoms with Gasteiger partial charge in [0.25, 0.3) is 0 Å². The number of hydrogen-bond acceptors (Lipinski definition) is 5. The number of sulfone groups is 1. The van der Waals surface area contributed by atoms with Crippen LogP contribution in [0.25, 0.3) is 0 Å². The molecule has 1 saturated carbocycles. The molecule has 0 unspecified atom stereocenters. The van der Waals surface area contributed by atoms with E-state index in [-0.39, 0.29) is 11.3 Å². The van der Waals surface area contributed by atoms with Gasteiger partial charge in [0.15, 0.2) is 9.84 Å². The van der Waals surface area contributed by atoms with Gasteiger partial charge in [0.2, 0.25) is 0 Å². The number of nitrogens with two attached hydrogens (primary N) is 1. The lowest BCUT2D eigenvalue weighted by atomic mass is 10.0. The van der Waals surface area contributed by atoms with E-state index in [0.717, 1.165) is 25.1 Å². The predicted octanol–water partition coefficient (Wildman–Crippen LogP) is 1.42. The number of hydrogen-bond donors (Lipinski definition) is 3. The van der Waals surface area contributed by atoms with Crippen molar-refractivity contribution in [3.05, 3.63) is 24.3 Å². The fourth-order valence-electron chi connectivity index (χ4n) is 2.12. The zero-order valence-corrected chi connectivity index (χ0v) is 12.2. The Morgan fingerprint density at radius 1 is 1.40 bits per heavy atom. The lowest BCUT2D eigenvalue weighted by molar-refractivity contribution is 0.315. The number of rotatable bonds is 6. The van der Waals surface area contributed by atoms with Crippen LogP contribution < -0.4 is 11.1 Å². The topological polar surface area (TPSA) is 105 Å². The van der Waals surface area contributed by atoms with Crippen LogP contribution in [-0.2, 0) is 9.84 Å². The summed E-state index contributed by atoms with van der Waals surface area (Å²) in [6.07, 6.45) is 3.83. The molecule has 0 aromatic heterocycles. The Hall–Kier alpha value is -1.76. The van der Waals surface area contributed by atoms with Gasteiger partial charge in [-0.2, -0.15) is 0 Å². The van der Waals surface area contributed by atoms with Gasteiger partial charge in [-0.25, -0.2) is 8.42 Å². The largest absolute Gasteiger partial charge is 0.409 e. The second-order valence-corrected chi connectivity index (χ2v) is 7.43. The number of nitrogens with one attached hydrogen (secondary N) is 1. The van der Waals surface area contributed by atoms with Gasteiger partial charge in [-0.1, -0.05) is 5.16 Å². The second-order valence-electron chi connectivity index (χ2n) is 5.42. The third-order valence-corrected chi connectivity index (χ3v) is 4.72. The van der Waals surface area contributed by atoms with Crippen LogP contribution in [0.2, 0.25) is 0 Å². The molecular weight excluding hydrogens is 278 g/mol. The maximum atomic E-state index is 11.4. The smallest absolute Gasteiger partial charge is 0.175 e. The van der Waals surface area contributed by atoms with Crippen molar-refractivity contribution in [2.45, 2.75) is 24.2 Å². The highest BCUT2D eigenvalue weighted by molar-refractivity contribution is 7.90. The summed E-state index contributed by atoms with van der Waals surface area (Å²) in [6, 6.07) is 6.66. The maximum absolute atomic E-state index is 11.4. The van der Waals surface area contributed by atoms with Crippen LogP contribution >= 0.6 is 0 Å². The van der Waals surface area contributed by atoms with Crippen molar-refractivity contribution in [1.82, 2.24) is 0 Å². The summed E-state index contributed by atoms with van der Waals surface area (Å²) < 4.78 is 22.7. The van der Waals surface area contributed by atoms with E-state index >= 15 is 0 Å². The van der Waals surface area contributed by atoms with E-state index in [2.05, 4.69) is 10.5 Å². The van der Waals surface area contributed by atoms with Gasteiger partial charge in [0.1, 0.15) is 5.84 Å². The van der Waals surface area contributed by atoms with Crippen molar-refractivity contribution < 1.29 is 13.6 Å². The van der Waals surface area contributed by atoms with Crippen molar-refractivity contribution >= 4 is 21.4 Å². The summed E-state index contributed by atoms with van der Waals surface area (Å²) >= 11 is 0. The van der Waals surface area contributed by atoms with E-state index in [1.807, 2.05) is 0 Å². The molecule has 4 N–H and O–H groups in total. The van der Waals surface area contributed by atoms with Crippen LogP contribution in [0.4, 0.5) is 5.69 Å². The van der Waals surface area contributed by atoms with Crippen LogP contribution in [0.15, 0.2) is 34.3 Å². The van der Waals surface area contributed by atoms with Gasteiger partial charge >= 0.3 is 0 Å². The summed E-state index contributed by atoms with van der Waals surface area (Å²) in [5.41, 5.74) is 6.47. The molecule has 0 radical (unpaired) electrons. The molecule has 0 saturated heterocycles. The van der Waals surface area contributed by atoms with Crippen molar-refractivity contribution in [2.24, 2.45) is 16.3 Å². The van der Waals surface area contributed by atoms with Crippen LogP contribution in [0, 0.1) is 5.41 Å². The molecule has 0 aliphatic heterocycles. The molecule has 1 aliphatic carbocycles. The Morgan fingerprint density at radius 3 is 2.45 bits per heavy atom. The van der Waals surface area contributed by atoms with Crippen LogP contribution in [0.5, 0.6) is 0 Å². The first-order valence-electron chi connectivity index (χ1n) is 6.35. The quantitative estimate of drug-likeness (QED) is 0.319. The fraction of sp³-hybridized carbons (Fsp3) is 0.462. The summed E-state index contributed by atoms with van der Waals surface area (Å²) in [5.74, 6) is 0.247. The molecule has 2 rings (SSSR count). The van der Waals surface area contributed by atoms with Crippen LogP contribution in [0.3, 0.4) is 0 Å². The van der Waals surface area contributed by atoms with Gasteiger partial charge in [0, 0.05) is 24.9 Å². The van der Waals surface area contributed by atoms with Crippen molar-refractivity contribution in [3.63, 3.8) is 0 Å². The van der Waals surface area contributed by atoms with Gasteiger partial charge in [0.05, 0.1) is 4.90 Å². The Balaban J connectivity index is 1.95. The number of oxime groups is 1. The molecule has 6 nitrogen and oxygen atoms in total. The molecule has 0 bridgehead atoms. The molecule has 110 valence electrons. The SMILES string of the molecule is CS(=O)(=O)c1ccc(NCC2(CC(N)=NO)CC2)cc1. The Bertz CT molecular complexity index is 604. The number of anilines is 1. The van der Waals surface area contributed by atoms with E-state index in [4.69, 9.17) is 10.9 Å². The Labute approximate surface area is 118 Å². The first-order chi connectivity index (χ1) is 9.35. The highest BCUT2D eigenvalue weighted by atomic mass is 32.2. The third-order valence-electron chi connectivity index (χ3n) is 3.59. The monoisotopic (exact) mass is 297 g/mol. The molecule has 1 aromatic carbocycles. The first kappa shape index (κ1) is 14.6. The Morgan fingerprint density at radius 2 is 2.00 bits per heavy atom. The number of benzene rings is 1. The predicted molar refractivity (Wildman–Crippen MR) is 77.7 cm³/mol. The highest BCUT2D eigenvalue weighted by Crippen LogP contribution is 2.48. The van der Waals surface area contributed by atoms with Crippen LogP contribution in [-0.4, -0.2) is 32.3 Å². The lowest BCUT2D eigenvalue weighted by Gasteiger charge is -2.16. The van der Waals surface area contributed by atoms with Crippen LogP contribution in [0.1, 0.15) is 19.3 Å². The second kappa shape index (κ2) is 5.32. The molecule has 1 aromatic rings. The summed E-state index contributed by atoms with van der Waals surface area (Å²) in [5, 5.41) is 14.9. The minimum Gasteiger partial charge on any atom is -0.409 e. The zero-order chi connectivity index (χ0) is 14.8. The van der Waals surface area contributed by atoms with E-state index in [9.17, 15) is 8.42 Å². The van der Waals surface area contributed by atoms with Gasteiger partial charge in [-0.15, -0.1) is 0 Å². The minimum atomic E-state index is -3.16. The lowest BCUT2D eigenvalue weighted by Crippen LogP contribution is -2.23. The van der Waals surface area contributed by atoms with E-state index in [1.54, 1.807) is 24.3 Å².